The maximum Gasteiger partial charge on any atom is 0.490 e. The number of fused-ring (bicyclic) bond motifs is 2. The number of amides is 4. The van der Waals surface area contributed by atoms with Gasteiger partial charge in [0.2, 0.25) is 11.8 Å². The molecule has 22 heteroatoms. The van der Waals surface area contributed by atoms with Gasteiger partial charge in [-0.2, -0.15) is 13.2 Å². The fourth-order valence-corrected chi connectivity index (χ4v) is 9.38. The second kappa shape index (κ2) is 21.0. The number of carboxylic acid groups (broad SMARTS) is 2. The number of likely N-dealkylation sites (tertiary alicyclic amines) is 2. The number of aromatic amines is 3. The minimum atomic E-state index is -5.08. The largest absolute Gasteiger partial charge is 0.490 e. The van der Waals surface area contributed by atoms with E-state index in [2.05, 4.69) is 25.3 Å². The highest BCUT2D eigenvalue weighted by atomic mass is 19.4. The first-order chi connectivity index (χ1) is 34.4. The van der Waals surface area contributed by atoms with Gasteiger partial charge in [-0.15, -0.1) is 0 Å². The Labute approximate surface area is 409 Å². The molecule has 0 spiro atoms. The van der Waals surface area contributed by atoms with Crippen LogP contribution in [0.2, 0.25) is 0 Å². The standard InChI is InChI=1S/C48H51N11O6.C2HF3O2/c1-27(2)42(57(3)48(63)64)46(61)59-20-8-12-41(59)44-51-25-38(54-44)29-15-13-28(14-16-29)37-24-50-35-21-30(17-18-34(35)53-37)39-26-52-43(55-39)40-11-7-19-58(40)45(60)36(56-47(62)65-4)22-31-23-49-33-10-6-5-9-32(31)33;3-2(4,5)1(6)7/h5-6,9-10,13-18,21,23-27,36,40-42,49H,7-8,11-12,19-20,22H2,1-4H3,(H,51,54)(H,52,55)(H,56,62)(H,63,64);(H,6,7)/t36-,40+,41+,42?;/m1./s1. The highest BCUT2D eigenvalue weighted by Crippen LogP contribution is 2.36. The van der Waals surface area contributed by atoms with Gasteiger partial charge in [-0.25, -0.2) is 29.3 Å². The zero-order valence-electron chi connectivity index (χ0n) is 39.6. The smallest absolute Gasteiger partial charge is 0.475 e. The van der Waals surface area contributed by atoms with Gasteiger partial charge in [0.05, 0.1) is 65.9 Å². The number of carboxylic acids is 1. The summed E-state index contributed by atoms with van der Waals surface area (Å²) in [7, 11) is 2.73. The summed E-state index contributed by atoms with van der Waals surface area (Å²) in [5.74, 6) is -2.01. The topological polar surface area (TPSA) is 256 Å². The summed E-state index contributed by atoms with van der Waals surface area (Å²) in [4.78, 5) is 94.8. The van der Waals surface area contributed by atoms with Gasteiger partial charge in [-0.05, 0) is 60.9 Å². The number of alkyl carbamates (subject to hydrolysis) is 1. The number of nitrogens with one attached hydrogen (secondary N) is 4. The number of halogens is 3. The number of carbonyl (C=O) groups excluding carboxylic acids is 3. The van der Waals surface area contributed by atoms with E-state index in [1.165, 1.54) is 14.2 Å². The molecular formula is C50H52F3N11O8. The van der Waals surface area contributed by atoms with E-state index >= 15 is 0 Å². The predicted molar refractivity (Wildman–Crippen MR) is 257 cm³/mol. The lowest BCUT2D eigenvalue weighted by Crippen LogP contribution is -2.51. The summed E-state index contributed by atoms with van der Waals surface area (Å²) < 4.78 is 36.6. The molecule has 9 rings (SSSR count). The molecule has 2 fully saturated rings. The summed E-state index contributed by atoms with van der Waals surface area (Å²) in [5.41, 5.74) is 8.30. The lowest BCUT2D eigenvalue weighted by molar-refractivity contribution is -0.192. The molecular weight excluding hydrogens is 940 g/mol. The number of H-pyrrole nitrogens is 3. The Morgan fingerprint density at radius 2 is 1.39 bits per heavy atom. The number of aliphatic carboxylic acids is 1. The minimum Gasteiger partial charge on any atom is -0.475 e. The van der Waals surface area contributed by atoms with Crippen LogP contribution in [0.15, 0.2) is 91.5 Å². The average molecular weight is 992 g/mol. The summed E-state index contributed by atoms with van der Waals surface area (Å²) in [6, 6.07) is 19.5. The zero-order valence-corrected chi connectivity index (χ0v) is 39.6. The number of aromatic nitrogens is 7. The van der Waals surface area contributed by atoms with Crippen LogP contribution in [0.25, 0.3) is 55.7 Å². The van der Waals surface area contributed by atoms with Crippen LogP contribution in [0, 0.1) is 5.92 Å². The number of methoxy groups -OCH3 is 1. The van der Waals surface area contributed by atoms with Crippen molar-refractivity contribution in [2.45, 2.75) is 76.3 Å². The van der Waals surface area contributed by atoms with Gasteiger partial charge < -0.3 is 45.0 Å². The Hall–Kier alpha value is -8.30. The fourth-order valence-electron chi connectivity index (χ4n) is 9.38. The van der Waals surface area contributed by atoms with Crippen molar-refractivity contribution in [1.29, 1.82) is 0 Å². The van der Waals surface area contributed by atoms with Crippen molar-refractivity contribution in [3.8, 4) is 33.8 Å². The van der Waals surface area contributed by atoms with Crippen molar-refractivity contribution in [3.63, 3.8) is 0 Å². The van der Waals surface area contributed by atoms with E-state index in [-0.39, 0.29) is 29.8 Å². The van der Waals surface area contributed by atoms with Crippen LogP contribution in [0.1, 0.15) is 68.8 Å². The first-order valence-corrected chi connectivity index (χ1v) is 23.2. The van der Waals surface area contributed by atoms with E-state index in [0.29, 0.717) is 42.4 Å². The van der Waals surface area contributed by atoms with Crippen molar-refractivity contribution in [2.75, 3.05) is 27.2 Å². The number of likely N-dealkylation sites (N-methyl/N-ethyl adjacent to an activating group) is 1. The third kappa shape index (κ3) is 10.7. The van der Waals surface area contributed by atoms with E-state index in [0.717, 1.165) is 80.6 Å². The van der Waals surface area contributed by atoms with E-state index < -0.39 is 36.4 Å². The van der Waals surface area contributed by atoms with Gasteiger partial charge in [0.1, 0.15) is 23.7 Å². The van der Waals surface area contributed by atoms with E-state index in [1.807, 2.05) is 86.8 Å². The summed E-state index contributed by atoms with van der Waals surface area (Å²) in [5, 5.41) is 20.5. The number of benzene rings is 3. The van der Waals surface area contributed by atoms with Gasteiger partial charge in [0.25, 0.3) is 0 Å². The molecule has 72 heavy (non-hydrogen) atoms. The van der Waals surface area contributed by atoms with Gasteiger partial charge in [-0.3, -0.25) is 19.5 Å². The number of imidazole rings is 2. The van der Waals surface area contributed by atoms with Crippen LogP contribution in [0.3, 0.4) is 0 Å². The van der Waals surface area contributed by atoms with Gasteiger partial charge >= 0.3 is 24.3 Å². The van der Waals surface area contributed by atoms with E-state index in [1.54, 1.807) is 28.4 Å². The maximum atomic E-state index is 14.2. The quantitative estimate of drug-likeness (QED) is 0.0679. The van der Waals surface area contributed by atoms with Crippen LogP contribution >= 0.6 is 0 Å². The number of rotatable bonds is 12. The molecule has 0 saturated carbocycles. The molecule has 0 aliphatic carbocycles. The normalized spacial score (nSPS) is 16.6. The van der Waals surface area contributed by atoms with E-state index in [9.17, 15) is 37.5 Å². The second-order valence-corrected chi connectivity index (χ2v) is 17.9. The highest BCUT2D eigenvalue weighted by Gasteiger charge is 2.41. The number of alkyl halides is 3. The molecule has 4 atom stereocenters. The SMILES string of the molecule is COC(=O)N[C@H](Cc1c[nH]c2ccccc12)C(=O)N1CCC[C@H]1c1ncc(-c2ccc3nc(-c4ccc(-c5cnc([C@@H]6CCCN6C(=O)C(C(C)C)N(C)C(=O)O)[nH]5)cc4)cnc3c2)[nH]1.O=C(O)C(F)(F)F. The molecule has 1 unspecified atom stereocenters. The van der Waals surface area contributed by atoms with Crippen molar-refractivity contribution < 1.29 is 52.1 Å². The molecule has 6 N–H and O–H groups in total. The Kier molecular flexibility index (Phi) is 14.6. The number of carbonyl (C=O) groups is 5. The minimum absolute atomic E-state index is 0.186. The van der Waals surface area contributed by atoms with Gasteiger partial charge in [0.15, 0.2) is 0 Å². The molecule has 2 aliphatic heterocycles. The molecule has 4 aromatic heterocycles. The summed E-state index contributed by atoms with van der Waals surface area (Å²) in [6.45, 7) is 4.79. The van der Waals surface area contributed by atoms with Crippen LogP contribution < -0.4 is 5.32 Å². The molecule has 2 aliphatic rings. The molecule has 3 aromatic carbocycles. The Bertz CT molecular complexity index is 3120. The molecule has 0 bridgehead atoms. The highest BCUT2D eigenvalue weighted by molar-refractivity contribution is 5.89. The Balaban J connectivity index is 0.000000923. The number of nitrogens with zero attached hydrogens (tertiary/aromatic N) is 7. The lowest BCUT2D eigenvalue weighted by atomic mass is 10.0. The van der Waals surface area contributed by atoms with Crippen molar-refractivity contribution in [2.24, 2.45) is 5.92 Å². The molecule has 19 nitrogen and oxygen atoms in total. The molecule has 6 heterocycles. The average Bonchev–Trinajstić information content (AvgIpc) is 4.23. The summed E-state index contributed by atoms with van der Waals surface area (Å²) in [6.07, 6.45) is 3.64. The third-order valence-corrected chi connectivity index (χ3v) is 13.0. The first kappa shape index (κ1) is 50.1. The van der Waals surface area contributed by atoms with Crippen molar-refractivity contribution in [1.82, 2.24) is 54.9 Å². The molecule has 4 amide bonds. The molecule has 7 aromatic rings. The number of hydrogen-bond donors (Lipinski definition) is 6. The van der Waals surface area contributed by atoms with Crippen LogP contribution in [-0.2, 0) is 25.5 Å². The van der Waals surface area contributed by atoms with Gasteiger partial charge in [0, 0.05) is 54.8 Å². The van der Waals surface area contributed by atoms with Crippen molar-refractivity contribution >= 4 is 51.9 Å². The predicted octanol–water partition coefficient (Wildman–Crippen LogP) is 8.12. The van der Waals surface area contributed by atoms with E-state index in [4.69, 9.17) is 29.6 Å². The number of para-hydroxylation sites is 1. The Morgan fingerprint density at radius 1 is 0.806 bits per heavy atom. The molecule has 376 valence electrons. The second-order valence-electron chi connectivity index (χ2n) is 17.9. The molecule has 0 radical (unpaired) electrons. The summed E-state index contributed by atoms with van der Waals surface area (Å²) >= 11 is 0. The van der Waals surface area contributed by atoms with Gasteiger partial charge in [-0.1, -0.05) is 62.4 Å². The monoisotopic (exact) mass is 991 g/mol. The maximum absolute atomic E-state index is 14.2. The fraction of sp³-hybridized carbons (Fsp3) is 0.340. The van der Waals surface area contributed by atoms with Crippen molar-refractivity contribution in [3.05, 3.63) is 109 Å². The Morgan fingerprint density at radius 3 is 1.99 bits per heavy atom. The van der Waals surface area contributed by atoms with Crippen LogP contribution in [-0.4, -0.2) is 135 Å². The zero-order chi connectivity index (χ0) is 51.4. The van der Waals surface area contributed by atoms with Crippen LogP contribution in [0.4, 0.5) is 22.8 Å². The molecule has 2 saturated heterocycles. The number of hydrogen-bond acceptors (Lipinski definition) is 10. The first-order valence-electron chi connectivity index (χ1n) is 23.2. The van der Waals surface area contributed by atoms with Crippen LogP contribution in [0.5, 0.6) is 0 Å². The third-order valence-electron chi connectivity index (χ3n) is 13.0. The number of ether oxygens (including phenoxy) is 1. The lowest BCUT2D eigenvalue weighted by Gasteiger charge is -2.33.